The SMILES string of the molecule is Cc1ccc(C(O)C2CCCCN2C(=O)c2cnc(NCCc3ccccc3)nc2-c2ccccc2)cc1. The van der Waals surface area contributed by atoms with Gasteiger partial charge in [0, 0.05) is 24.8 Å². The van der Waals surface area contributed by atoms with Gasteiger partial charge in [0.25, 0.3) is 5.91 Å². The summed E-state index contributed by atoms with van der Waals surface area (Å²) in [5.74, 6) is 0.349. The van der Waals surface area contributed by atoms with Crippen LogP contribution in [0.15, 0.2) is 91.1 Å². The van der Waals surface area contributed by atoms with Crippen molar-refractivity contribution in [2.45, 2.75) is 44.8 Å². The summed E-state index contributed by atoms with van der Waals surface area (Å²) in [7, 11) is 0. The molecule has 3 aromatic carbocycles. The summed E-state index contributed by atoms with van der Waals surface area (Å²) >= 11 is 0. The summed E-state index contributed by atoms with van der Waals surface area (Å²) in [6.07, 6.45) is 4.36. The molecule has 4 aromatic rings. The van der Waals surface area contributed by atoms with Crippen molar-refractivity contribution in [1.82, 2.24) is 14.9 Å². The summed E-state index contributed by atoms with van der Waals surface area (Å²) in [6.45, 7) is 3.30. The Morgan fingerprint density at radius 2 is 1.71 bits per heavy atom. The van der Waals surface area contributed by atoms with E-state index in [1.165, 1.54) is 5.56 Å². The van der Waals surface area contributed by atoms with Gasteiger partial charge in [-0.1, -0.05) is 90.5 Å². The highest BCUT2D eigenvalue weighted by Crippen LogP contribution is 2.32. The number of piperidine rings is 1. The normalized spacial score (nSPS) is 16.2. The molecule has 5 rings (SSSR count). The first-order valence-electron chi connectivity index (χ1n) is 13.4. The highest BCUT2D eigenvalue weighted by Gasteiger charge is 2.34. The van der Waals surface area contributed by atoms with Gasteiger partial charge in [-0.15, -0.1) is 0 Å². The third kappa shape index (κ3) is 5.92. The smallest absolute Gasteiger partial charge is 0.258 e. The Hall–Kier alpha value is -4.03. The van der Waals surface area contributed by atoms with E-state index in [9.17, 15) is 9.90 Å². The van der Waals surface area contributed by atoms with Gasteiger partial charge in [0.2, 0.25) is 5.95 Å². The van der Waals surface area contributed by atoms with Crippen LogP contribution >= 0.6 is 0 Å². The Labute approximate surface area is 224 Å². The van der Waals surface area contributed by atoms with Crippen molar-refractivity contribution in [3.63, 3.8) is 0 Å². The zero-order valence-corrected chi connectivity index (χ0v) is 21.8. The molecule has 2 atom stereocenters. The molecule has 0 radical (unpaired) electrons. The number of hydrogen-bond acceptors (Lipinski definition) is 5. The summed E-state index contributed by atoms with van der Waals surface area (Å²) in [5, 5.41) is 14.6. The molecule has 0 aliphatic carbocycles. The number of hydrogen-bond donors (Lipinski definition) is 2. The molecular weight excluding hydrogens is 472 g/mol. The molecule has 0 bridgehead atoms. The first-order valence-corrected chi connectivity index (χ1v) is 13.4. The number of likely N-dealkylation sites (tertiary alicyclic amines) is 1. The molecule has 0 spiro atoms. The van der Waals surface area contributed by atoms with Gasteiger partial charge < -0.3 is 15.3 Å². The minimum absolute atomic E-state index is 0.143. The van der Waals surface area contributed by atoms with Gasteiger partial charge in [0.1, 0.15) is 0 Å². The van der Waals surface area contributed by atoms with Crippen molar-refractivity contribution in [3.8, 4) is 11.3 Å². The van der Waals surface area contributed by atoms with E-state index < -0.39 is 6.10 Å². The average molecular weight is 507 g/mol. The van der Waals surface area contributed by atoms with Crippen molar-refractivity contribution >= 4 is 11.9 Å². The molecule has 2 heterocycles. The topological polar surface area (TPSA) is 78.3 Å². The minimum Gasteiger partial charge on any atom is -0.386 e. The zero-order chi connectivity index (χ0) is 26.3. The number of aromatic nitrogens is 2. The number of nitrogens with zero attached hydrogens (tertiary/aromatic N) is 3. The fraction of sp³-hybridized carbons (Fsp3) is 0.281. The second kappa shape index (κ2) is 12.0. The predicted octanol–water partition coefficient (Wildman–Crippen LogP) is 5.83. The maximum Gasteiger partial charge on any atom is 0.258 e. The van der Waals surface area contributed by atoms with E-state index in [1.54, 1.807) is 6.20 Å². The van der Waals surface area contributed by atoms with E-state index in [2.05, 4.69) is 22.4 Å². The van der Waals surface area contributed by atoms with Gasteiger partial charge in [-0.05, 0) is 43.7 Å². The van der Waals surface area contributed by atoms with Crippen LogP contribution in [-0.2, 0) is 6.42 Å². The second-order valence-electron chi connectivity index (χ2n) is 9.90. The number of aliphatic hydroxyl groups is 1. The summed E-state index contributed by atoms with van der Waals surface area (Å²) in [6, 6.07) is 27.6. The Morgan fingerprint density at radius 1 is 1.00 bits per heavy atom. The molecular formula is C32H34N4O2. The molecule has 1 aliphatic heterocycles. The number of anilines is 1. The molecule has 1 amide bonds. The molecule has 1 aromatic heterocycles. The van der Waals surface area contributed by atoms with Gasteiger partial charge >= 0.3 is 0 Å². The van der Waals surface area contributed by atoms with Gasteiger partial charge in [-0.2, -0.15) is 0 Å². The predicted molar refractivity (Wildman–Crippen MR) is 151 cm³/mol. The highest BCUT2D eigenvalue weighted by molar-refractivity contribution is 6.00. The highest BCUT2D eigenvalue weighted by atomic mass is 16.3. The maximum absolute atomic E-state index is 14.0. The first-order chi connectivity index (χ1) is 18.6. The van der Waals surface area contributed by atoms with Crippen LogP contribution in [0.5, 0.6) is 0 Å². The second-order valence-corrected chi connectivity index (χ2v) is 9.90. The van der Waals surface area contributed by atoms with E-state index in [0.29, 0.717) is 30.3 Å². The fourth-order valence-corrected chi connectivity index (χ4v) is 5.08. The number of aliphatic hydroxyl groups excluding tert-OH is 1. The Morgan fingerprint density at radius 3 is 2.45 bits per heavy atom. The number of amides is 1. The first kappa shape index (κ1) is 25.6. The molecule has 1 aliphatic rings. The lowest BCUT2D eigenvalue weighted by Crippen LogP contribution is -2.47. The van der Waals surface area contributed by atoms with E-state index in [4.69, 9.17) is 4.98 Å². The molecule has 2 unspecified atom stereocenters. The molecule has 38 heavy (non-hydrogen) atoms. The van der Waals surface area contributed by atoms with Crippen molar-refractivity contribution < 1.29 is 9.90 Å². The minimum atomic E-state index is -0.750. The monoisotopic (exact) mass is 506 g/mol. The van der Waals surface area contributed by atoms with Crippen LogP contribution in [-0.4, -0.2) is 45.0 Å². The number of carbonyl (C=O) groups is 1. The van der Waals surface area contributed by atoms with Crippen molar-refractivity contribution in [2.24, 2.45) is 0 Å². The van der Waals surface area contributed by atoms with Crippen LogP contribution in [0.3, 0.4) is 0 Å². The molecule has 0 saturated carbocycles. The van der Waals surface area contributed by atoms with Crippen LogP contribution in [0.25, 0.3) is 11.3 Å². The van der Waals surface area contributed by atoms with Gasteiger partial charge in [0.15, 0.2) is 0 Å². The van der Waals surface area contributed by atoms with Crippen LogP contribution in [0.4, 0.5) is 5.95 Å². The van der Waals surface area contributed by atoms with Crippen LogP contribution in [0.2, 0.25) is 0 Å². The third-order valence-corrected chi connectivity index (χ3v) is 7.20. The standard InChI is InChI=1S/C32H34N4O2/c1-23-15-17-26(18-16-23)30(37)28-14-8-9-21-36(28)31(38)27-22-34-32(33-20-19-24-10-4-2-5-11-24)35-29(27)25-12-6-3-7-13-25/h2-7,10-13,15-18,22,28,30,37H,8-9,14,19-21H2,1H3,(H,33,34,35). The Balaban J connectivity index is 1.41. The van der Waals surface area contributed by atoms with Crippen molar-refractivity contribution in [3.05, 3.63) is 113 Å². The van der Waals surface area contributed by atoms with E-state index in [1.807, 2.05) is 84.6 Å². The zero-order valence-electron chi connectivity index (χ0n) is 21.8. The summed E-state index contributed by atoms with van der Waals surface area (Å²) in [4.78, 5) is 25.2. The maximum atomic E-state index is 14.0. The van der Waals surface area contributed by atoms with Crippen molar-refractivity contribution in [2.75, 3.05) is 18.4 Å². The summed E-state index contributed by atoms with van der Waals surface area (Å²) in [5.41, 5.74) is 5.11. The number of rotatable bonds is 8. The van der Waals surface area contributed by atoms with Gasteiger partial charge in [0.05, 0.1) is 23.4 Å². The van der Waals surface area contributed by atoms with E-state index in [0.717, 1.165) is 42.4 Å². The Kier molecular flexibility index (Phi) is 8.09. The quantitative estimate of drug-likeness (QED) is 0.314. The van der Waals surface area contributed by atoms with Crippen LogP contribution < -0.4 is 5.32 Å². The van der Waals surface area contributed by atoms with Crippen LogP contribution in [0, 0.1) is 6.92 Å². The largest absolute Gasteiger partial charge is 0.386 e. The third-order valence-electron chi connectivity index (χ3n) is 7.20. The molecule has 1 fully saturated rings. The van der Waals surface area contributed by atoms with Gasteiger partial charge in [-0.25, -0.2) is 9.97 Å². The van der Waals surface area contributed by atoms with Crippen LogP contribution in [0.1, 0.15) is 52.4 Å². The molecule has 6 heteroatoms. The van der Waals surface area contributed by atoms with E-state index in [-0.39, 0.29) is 11.9 Å². The lowest BCUT2D eigenvalue weighted by atomic mass is 9.91. The molecule has 1 saturated heterocycles. The number of carbonyl (C=O) groups excluding carboxylic acids is 1. The number of benzene rings is 3. The number of aryl methyl sites for hydroxylation is 1. The van der Waals surface area contributed by atoms with Gasteiger partial charge in [-0.3, -0.25) is 4.79 Å². The molecule has 194 valence electrons. The lowest BCUT2D eigenvalue weighted by Gasteiger charge is -2.39. The molecule has 2 N–H and O–H groups in total. The number of nitrogens with one attached hydrogen (secondary N) is 1. The summed E-state index contributed by atoms with van der Waals surface area (Å²) < 4.78 is 0. The van der Waals surface area contributed by atoms with E-state index >= 15 is 0 Å². The fourth-order valence-electron chi connectivity index (χ4n) is 5.08. The van der Waals surface area contributed by atoms with Crippen molar-refractivity contribution in [1.29, 1.82) is 0 Å². The lowest BCUT2D eigenvalue weighted by molar-refractivity contribution is 0.0212. The Bertz CT molecular complexity index is 1340. The average Bonchev–Trinajstić information content (AvgIpc) is 2.98. The molecule has 6 nitrogen and oxygen atoms in total.